The maximum absolute atomic E-state index is 13.8. The lowest BCUT2D eigenvalue weighted by molar-refractivity contribution is 0.528. The molecule has 0 saturated carbocycles. The van der Waals surface area contributed by atoms with Crippen molar-refractivity contribution in [3.8, 4) is 0 Å². The molecule has 0 fully saturated rings. The van der Waals surface area contributed by atoms with Gasteiger partial charge in [0.2, 0.25) is 0 Å². The van der Waals surface area contributed by atoms with Crippen LogP contribution in [-0.4, -0.2) is 0 Å². The van der Waals surface area contributed by atoms with E-state index < -0.39 is 0 Å². The second-order valence-corrected chi connectivity index (χ2v) is 5.68. The Morgan fingerprint density at radius 3 is 2.68 bits per heavy atom. The topological polar surface area (TPSA) is 12.0 Å². The minimum Gasteiger partial charge on any atom is -0.306 e. The third-order valence-electron chi connectivity index (χ3n) is 2.99. The standard InChI is InChI=1S/C15H14BrClFN/c1-10(13-7-6-12(16)8-15(13)18)19-9-11-4-2-3-5-14(11)17/h2-8,10,19H,9H2,1H3. The first-order valence-electron chi connectivity index (χ1n) is 5.99. The number of nitrogens with one attached hydrogen (secondary N) is 1. The fourth-order valence-electron chi connectivity index (χ4n) is 1.87. The molecule has 0 amide bonds. The molecular weight excluding hydrogens is 329 g/mol. The van der Waals surface area contributed by atoms with Crippen LogP contribution in [0.4, 0.5) is 4.39 Å². The van der Waals surface area contributed by atoms with Crippen molar-refractivity contribution >= 4 is 27.5 Å². The predicted molar refractivity (Wildman–Crippen MR) is 80.8 cm³/mol. The van der Waals surface area contributed by atoms with Crippen molar-refractivity contribution in [2.45, 2.75) is 19.5 Å². The predicted octanol–water partition coefficient (Wildman–Crippen LogP) is 5.09. The molecule has 0 aliphatic carbocycles. The lowest BCUT2D eigenvalue weighted by Gasteiger charge is -2.16. The number of hydrogen-bond acceptors (Lipinski definition) is 1. The summed E-state index contributed by atoms with van der Waals surface area (Å²) in [7, 11) is 0. The summed E-state index contributed by atoms with van der Waals surface area (Å²) in [6.45, 7) is 2.54. The molecule has 2 aromatic rings. The van der Waals surface area contributed by atoms with E-state index in [1.807, 2.05) is 37.3 Å². The zero-order valence-electron chi connectivity index (χ0n) is 10.5. The summed E-state index contributed by atoms with van der Waals surface area (Å²) in [6, 6.07) is 12.7. The molecule has 19 heavy (non-hydrogen) atoms. The first-order valence-corrected chi connectivity index (χ1v) is 7.17. The number of rotatable bonds is 4. The monoisotopic (exact) mass is 341 g/mol. The van der Waals surface area contributed by atoms with Crippen LogP contribution in [0.3, 0.4) is 0 Å². The number of benzene rings is 2. The molecule has 1 atom stereocenters. The molecule has 0 spiro atoms. The van der Waals surface area contributed by atoms with E-state index in [0.29, 0.717) is 12.1 Å². The van der Waals surface area contributed by atoms with E-state index in [1.54, 1.807) is 6.07 Å². The molecule has 4 heteroatoms. The molecule has 0 bridgehead atoms. The molecule has 0 heterocycles. The van der Waals surface area contributed by atoms with Crippen LogP contribution in [0.5, 0.6) is 0 Å². The zero-order valence-corrected chi connectivity index (χ0v) is 12.8. The highest BCUT2D eigenvalue weighted by molar-refractivity contribution is 9.10. The maximum atomic E-state index is 13.8. The smallest absolute Gasteiger partial charge is 0.129 e. The Morgan fingerprint density at radius 2 is 2.00 bits per heavy atom. The van der Waals surface area contributed by atoms with Gasteiger partial charge in [0.05, 0.1) is 0 Å². The third kappa shape index (κ3) is 3.78. The van der Waals surface area contributed by atoms with E-state index in [2.05, 4.69) is 21.2 Å². The van der Waals surface area contributed by atoms with Gasteiger partial charge in [-0.1, -0.05) is 51.8 Å². The molecule has 0 saturated heterocycles. The molecule has 0 aromatic heterocycles. The Kier molecular flexibility index (Phi) is 4.97. The summed E-state index contributed by atoms with van der Waals surface area (Å²) in [5.74, 6) is -0.214. The van der Waals surface area contributed by atoms with Gasteiger partial charge >= 0.3 is 0 Å². The fourth-order valence-corrected chi connectivity index (χ4v) is 2.40. The van der Waals surface area contributed by atoms with Crippen LogP contribution in [0.2, 0.25) is 5.02 Å². The molecular formula is C15H14BrClFN. The van der Waals surface area contributed by atoms with E-state index in [1.165, 1.54) is 6.07 Å². The Morgan fingerprint density at radius 1 is 1.26 bits per heavy atom. The van der Waals surface area contributed by atoms with Crippen molar-refractivity contribution < 1.29 is 4.39 Å². The highest BCUT2D eigenvalue weighted by Gasteiger charge is 2.11. The van der Waals surface area contributed by atoms with Gasteiger partial charge in [-0.15, -0.1) is 0 Å². The van der Waals surface area contributed by atoms with Crippen LogP contribution >= 0.6 is 27.5 Å². The minimum atomic E-state index is -0.214. The van der Waals surface area contributed by atoms with Crippen molar-refractivity contribution in [1.29, 1.82) is 0 Å². The summed E-state index contributed by atoms with van der Waals surface area (Å²) in [4.78, 5) is 0. The van der Waals surface area contributed by atoms with E-state index in [9.17, 15) is 4.39 Å². The Hall–Kier alpha value is -0.900. The second kappa shape index (κ2) is 6.51. The molecule has 1 nitrogen and oxygen atoms in total. The quantitative estimate of drug-likeness (QED) is 0.816. The van der Waals surface area contributed by atoms with Crippen LogP contribution < -0.4 is 5.32 Å². The summed E-state index contributed by atoms with van der Waals surface area (Å²) in [5, 5.41) is 4.00. The van der Waals surface area contributed by atoms with Gasteiger partial charge in [0.1, 0.15) is 5.82 Å². The van der Waals surface area contributed by atoms with E-state index >= 15 is 0 Å². The van der Waals surface area contributed by atoms with Gasteiger partial charge in [0.25, 0.3) is 0 Å². The summed E-state index contributed by atoms with van der Waals surface area (Å²) in [5.41, 5.74) is 1.66. The normalized spacial score (nSPS) is 12.4. The van der Waals surface area contributed by atoms with E-state index in [4.69, 9.17) is 11.6 Å². The molecule has 100 valence electrons. The van der Waals surface area contributed by atoms with Crippen LogP contribution in [0.1, 0.15) is 24.1 Å². The first kappa shape index (κ1) is 14.5. The van der Waals surface area contributed by atoms with Crippen LogP contribution in [0.25, 0.3) is 0 Å². The van der Waals surface area contributed by atoms with Gasteiger partial charge in [-0.2, -0.15) is 0 Å². The first-order chi connectivity index (χ1) is 9.08. The van der Waals surface area contributed by atoms with Gasteiger partial charge in [0.15, 0.2) is 0 Å². The van der Waals surface area contributed by atoms with E-state index in [0.717, 1.165) is 15.1 Å². The SMILES string of the molecule is CC(NCc1ccccc1Cl)c1ccc(Br)cc1F. The van der Waals surface area contributed by atoms with Crippen LogP contribution in [-0.2, 0) is 6.54 Å². The molecule has 0 radical (unpaired) electrons. The third-order valence-corrected chi connectivity index (χ3v) is 3.85. The summed E-state index contributed by atoms with van der Waals surface area (Å²) >= 11 is 9.34. The molecule has 0 aliphatic heterocycles. The average Bonchev–Trinajstić information content (AvgIpc) is 2.37. The number of halogens is 3. The molecule has 1 N–H and O–H groups in total. The zero-order chi connectivity index (χ0) is 13.8. The van der Waals surface area contributed by atoms with Gasteiger partial charge in [-0.25, -0.2) is 4.39 Å². The van der Waals surface area contributed by atoms with Gasteiger partial charge < -0.3 is 5.32 Å². The maximum Gasteiger partial charge on any atom is 0.129 e. The Labute approximate surface area is 125 Å². The molecule has 1 unspecified atom stereocenters. The highest BCUT2D eigenvalue weighted by Crippen LogP contribution is 2.22. The van der Waals surface area contributed by atoms with Crippen molar-refractivity contribution in [1.82, 2.24) is 5.32 Å². The van der Waals surface area contributed by atoms with Crippen molar-refractivity contribution in [2.24, 2.45) is 0 Å². The molecule has 0 aliphatic rings. The lowest BCUT2D eigenvalue weighted by Crippen LogP contribution is -2.19. The molecule has 2 aromatic carbocycles. The summed E-state index contributed by atoms with van der Waals surface area (Å²) < 4.78 is 14.6. The average molecular weight is 343 g/mol. The Balaban J connectivity index is 2.05. The number of hydrogen-bond donors (Lipinski definition) is 1. The van der Waals surface area contributed by atoms with Crippen LogP contribution in [0.15, 0.2) is 46.9 Å². The Bertz CT molecular complexity index is 574. The molecule has 2 rings (SSSR count). The fraction of sp³-hybridized carbons (Fsp3) is 0.200. The largest absolute Gasteiger partial charge is 0.306 e. The van der Waals surface area contributed by atoms with E-state index in [-0.39, 0.29) is 11.9 Å². The van der Waals surface area contributed by atoms with Gasteiger partial charge in [0, 0.05) is 27.6 Å². The second-order valence-electron chi connectivity index (χ2n) is 4.36. The van der Waals surface area contributed by atoms with Crippen molar-refractivity contribution in [3.05, 3.63) is 68.9 Å². The van der Waals surface area contributed by atoms with Gasteiger partial charge in [-0.05, 0) is 30.7 Å². The van der Waals surface area contributed by atoms with Crippen molar-refractivity contribution in [3.63, 3.8) is 0 Å². The van der Waals surface area contributed by atoms with Gasteiger partial charge in [-0.3, -0.25) is 0 Å². The van der Waals surface area contributed by atoms with Crippen molar-refractivity contribution in [2.75, 3.05) is 0 Å². The highest BCUT2D eigenvalue weighted by atomic mass is 79.9. The minimum absolute atomic E-state index is 0.0793. The lowest BCUT2D eigenvalue weighted by atomic mass is 10.1. The summed E-state index contributed by atoms with van der Waals surface area (Å²) in [6.07, 6.45) is 0. The van der Waals surface area contributed by atoms with Crippen LogP contribution in [0, 0.1) is 5.82 Å².